The fourth-order valence-electron chi connectivity index (χ4n) is 1.77. The fourth-order valence-corrected chi connectivity index (χ4v) is 1.77. The molecule has 1 heterocycles. The van der Waals surface area contributed by atoms with Crippen molar-refractivity contribution >= 4 is 5.69 Å². The minimum absolute atomic E-state index is 0.762. The number of nitrogens with zero attached hydrogens (tertiary/aromatic N) is 2. The van der Waals surface area contributed by atoms with Crippen molar-refractivity contribution in [3.8, 4) is 12.3 Å². The number of anilines is 1. The molecule has 0 unspecified atom stereocenters. The lowest BCUT2D eigenvalue weighted by molar-refractivity contribution is 0.602. The highest BCUT2D eigenvalue weighted by molar-refractivity contribution is 5.50. The van der Waals surface area contributed by atoms with E-state index in [4.69, 9.17) is 6.42 Å². The Bertz CT molecular complexity index is 549. The summed E-state index contributed by atoms with van der Waals surface area (Å²) in [5.74, 6) is 2.63. The Balaban J connectivity index is 1.96. The van der Waals surface area contributed by atoms with E-state index < -0.39 is 0 Å². The van der Waals surface area contributed by atoms with Crippen LogP contribution in [0.5, 0.6) is 0 Å². The summed E-state index contributed by atoms with van der Waals surface area (Å²) in [4.78, 5) is 0. The molecule has 0 amide bonds. The van der Waals surface area contributed by atoms with Crippen molar-refractivity contribution in [1.29, 1.82) is 0 Å². The summed E-state index contributed by atoms with van der Waals surface area (Å²) < 4.78 is 1.97. The molecule has 0 radical (unpaired) electrons. The molecule has 0 saturated heterocycles. The minimum atomic E-state index is 0.762. The molecule has 92 valence electrons. The van der Waals surface area contributed by atoms with Gasteiger partial charge >= 0.3 is 0 Å². The lowest BCUT2D eigenvalue weighted by atomic mass is 10.2. The van der Waals surface area contributed by atoms with E-state index in [0.29, 0.717) is 0 Å². The Kier molecular flexibility index (Phi) is 4.03. The second kappa shape index (κ2) is 5.92. The predicted molar refractivity (Wildman–Crippen MR) is 74.2 cm³/mol. The lowest BCUT2D eigenvalue weighted by Gasteiger charge is -2.04. The molecule has 0 spiro atoms. The average Bonchev–Trinajstić information content (AvgIpc) is 2.85. The van der Waals surface area contributed by atoms with Gasteiger partial charge in [-0.1, -0.05) is 18.9 Å². The van der Waals surface area contributed by atoms with E-state index in [1.54, 1.807) is 0 Å². The molecule has 0 aliphatic heterocycles. The van der Waals surface area contributed by atoms with Gasteiger partial charge in [-0.15, -0.1) is 6.42 Å². The van der Waals surface area contributed by atoms with E-state index in [-0.39, 0.29) is 0 Å². The minimum Gasteiger partial charge on any atom is -0.381 e. The highest BCUT2D eigenvalue weighted by Gasteiger charge is 1.98. The number of aryl methyl sites for hydroxylation is 1. The van der Waals surface area contributed by atoms with Crippen LogP contribution < -0.4 is 5.32 Å². The van der Waals surface area contributed by atoms with Crippen LogP contribution in [-0.4, -0.2) is 9.78 Å². The second-order valence-electron chi connectivity index (χ2n) is 4.19. The van der Waals surface area contributed by atoms with Crippen molar-refractivity contribution in [2.75, 3.05) is 5.32 Å². The molecular weight excluding hydrogens is 222 g/mol. The summed E-state index contributed by atoms with van der Waals surface area (Å²) in [6, 6.07) is 7.86. The van der Waals surface area contributed by atoms with Crippen molar-refractivity contribution in [3.05, 3.63) is 47.8 Å². The first-order valence-electron chi connectivity index (χ1n) is 6.13. The van der Waals surface area contributed by atoms with Gasteiger partial charge in [-0.3, -0.25) is 4.68 Å². The van der Waals surface area contributed by atoms with Gasteiger partial charge in [-0.25, -0.2) is 0 Å². The largest absolute Gasteiger partial charge is 0.381 e. The third-order valence-corrected chi connectivity index (χ3v) is 2.67. The molecule has 1 N–H and O–H groups in total. The molecule has 1 aromatic carbocycles. The van der Waals surface area contributed by atoms with Gasteiger partial charge in [0.2, 0.25) is 0 Å². The monoisotopic (exact) mass is 239 g/mol. The summed E-state index contributed by atoms with van der Waals surface area (Å²) >= 11 is 0. The Labute approximate surface area is 108 Å². The van der Waals surface area contributed by atoms with E-state index in [9.17, 15) is 0 Å². The number of rotatable bonds is 5. The highest BCUT2D eigenvalue weighted by atomic mass is 15.3. The maximum Gasteiger partial charge on any atom is 0.0539 e. The van der Waals surface area contributed by atoms with Crippen LogP contribution in [0.2, 0.25) is 0 Å². The molecule has 1 aromatic heterocycles. The number of hydrogen-bond donors (Lipinski definition) is 1. The van der Waals surface area contributed by atoms with E-state index in [1.807, 2.05) is 35.1 Å². The van der Waals surface area contributed by atoms with Gasteiger partial charge in [0.1, 0.15) is 0 Å². The fraction of sp³-hybridized carbons (Fsp3) is 0.267. The number of aromatic nitrogens is 2. The Hall–Kier alpha value is -2.21. The van der Waals surface area contributed by atoms with Crippen molar-refractivity contribution in [3.63, 3.8) is 0 Å². The quantitative estimate of drug-likeness (QED) is 0.813. The smallest absolute Gasteiger partial charge is 0.0539 e. The molecule has 0 fully saturated rings. The van der Waals surface area contributed by atoms with Gasteiger partial charge in [0, 0.05) is 36.1 Å². The van der Waals surface area contributed by atoms with E-state index >= 15 is 0 Å². The van der Waals surface area contributed by atoms with Gasteiger partial charge in [0.05, 0.1) is 6.20 Å². The summed E-state index contributed by atoms with van der Waals surface area (Å²) in [5, 5.41) is 7.64. The molecule has 18 heavy (non-hydrogen) atoms. The van der Waals surface area contributed by atoms with Crippen LogP contribution >= 0.6 is 0 Å². The number of terminal acetylenes is 1. The summed E-state index contributed by atoms with van der Waals surface area (Å²) in [6.45, 7) is 3.87. The second-order valence-corrected chi connectivity index (χ2v) is 4.19. The highest BCUT2D eigenvalue weighted by Crippen LogP contribution is 2.11. The van der Waals surface area contributed by atoms with Gasteiger partial charge in [-0.2, -0.15) is 5.10 Å². The third kappa shape index (κ3) is 3.14. The number of nitrogens with one attached hydrogen (secondary N) is 1. The number of hydrogen-bond acceptors (Lipinski definition) is 2. The Morgan fingerprint density at radius 1 is 1.44 bits per heavy atom. The van der Waals surface area contributed by atoms with E-state index in [2.05, 4.69) is 29.5 Å². The Morgan fingerprint density at radius 2 is 2.33 bits per heavy atom. The molecule has 2 aromatic rings. The first kappa shape index (κ1) is 12.3. The molecular formula is C15H17N3. The maximum atomic E-state index is 5.37. The molecule has 0 aliphatic rings. The van der Waals surface area contributed by atoms with Crippen molar-refractivity contribution in [2.24, 2.45) is 0 Å². The first-order chi connectivity index (χ1) is 8.81. The van der Waals surface area contributed by atoms with Gasteiger partial charge in [0.25, 0.3) is 0 Å². The first-order valence-corrected chi connectivity index (χ1v) is 6.13. The molecule has 3 heteroatoms. The summed E-state index contributed by atoms with van der Waals surface area (Å²) in [6.07, 6.45) is 10.4. The molecule has 3 nitrogen and oxygen atoms in total. The van der Waals surface area contributed by atoms with Crippen LogP contribution in [0, 0.1) is 12.3 Å². The van der Waals surface area contributed by atoms with Crippen molar-refractivity contribution in [2.45, 2.75) is 26.4 Å². The zero-order chi connectivity index (χ0) is 12.8. The van der Waals surface area contributed by atoms with Crippen LogP contribution in [0.4, 0.5) is 5.69 Å². The standard InChI is InChI=1S/C15H17N3/c1-3-8-18-12-14(11-17-18)10-16-15-7-5-6-13(4-2)9-15/h2,5-7,9,11-12,16H,3,8,10H2,1H3. The molecule has 0 atom stereocenters. The Morgan fingerprint density at radius 3 is 3.11 bits per heavy atom. The number of benzene rings is 1. The van der Waals surface area contributed by atoms with E-state index in [0.717, 1.165) is 30.8 Å². The van der Waals surface area contributed by atoms with Gasteiger partial charge in [-0.05, 0) is 24.6 Å². The SMILES string of the molecule is C#Cc1cccc(NCc2cnn(CCC)c2)c1. The maximum absolute atomic E-state index is 5.37. The van der Waals surface area contributed by atoms with Gasteiger partial charge in [0.15, 0.2) is 0 Å². The topological polar surface area (TPSA) is 29.9 Å². The lowest BCUT2D eigenvalue weighted by Crippen LogP contribution is -1.99. The molecule has 2 rings (SSSR count). The normalized spacial score (nSPS) is 10.0. The summed E-state index contributed by atoms with van der Waals surface area (Å²) in [7, 11) is 0. The summed E-state index contributed by atoms with van der Waals surface area (Å²) in [5.41, 5.74) is 3.10. The van der Waals surface area contributed by atoms with E-state index in [1.165, 1.54) is 5.56 Å². The third-order valence-electron chi connectivity index (χ3n) is 2.67. The zero-order valence-electron chi connectivity index (χ0n) is 10.6. The van der Waals surface area contributed by atoms with Crippen molar-refractivity contribution < 1.29 is 0 Å². The van der Waals surface area contributed by atoms with Crippen LogP contribution in [0.3, 0.4) is 0 Å². The van der Waals surface area contributed by atoms with Crippen LogP contribution in [0.25, 0.3) is 0 Å². The van der Waals surface area contributed by atoms with Crippen molar-refractivity contribution in [1.82, 2.24) is 9.78 Å². The molecule has 0 bridgehead atoms. The van der Waals surface area contributed by atoms with Gasteiger partial charge < -0.3 is 5.32 Å². The molecule has 0 saturated carbocycles. The van der Waals surface area contributed by atoms with Crippen LogP contribution in [-0.2, 0) is 13.1 Å². The zero-order valence-corrected chi connectivity index (χ0v) is 10.6. The predicted octanol–water partition coefficient (Wildman–Crippen LogP) is 2.89. The van der Waals surface area contributed by atoms with Crippen LogP contribution in [0.15, 0.2) is 36.7 Å². The van der Waals surface area contributed by atoms with Crippen LogP contribution in [0.1, 0.15) is 24.5 Å². The average molecular weight is 239 g/mol. The molecule has 0 aliphatic carbocycles.